The first-order chi connectivity index (χ1) is 14.6. The molecule has 1 atom stereocenters. The molecule has 0 unspecified atom stereocenters. The van der Waals surface area contributed by atoms with Crippen LogP contribution in [0.3, 0.4) is 0 Å². The number of para-hydroxylation sites is 1. The molecule has 0 aliphatic carbocycles. The van der Waals surface area contributed by atoms with Gasteiger partial charge in [0, 0.05) is 13.1 Å². The number of likely N-dealkylation sites (tertiary alicyclic amines) is 1. The zero-order chi connectivity index (χ0) is 22.6. The number of amides is 3. The van der Waals surface area contributed by atoms with Gasteiger partial charge in [-0.15, -0.1) is 0 Å². The van der Waals surface area contributed by atoms with Crippen LogP contribution in [0.5, 0.6) is 5.75 Å². The first-order valence-corrected chi connectivity index (χ1v) is 10.1. The van der Waals surface area contributed by atoms with Gasteiger partial charge in [0.15, 0.2) is 11.4 Å². The number of rotatable bonds is 3. The maximum Gasteiger partial charge on any atom is 0.410 e. The van der Waals surface area contributed by atoms with Crippen molar-refractivity contribution >= 4 is 17.9 Å². The van der Waals surface area contributed by atoms with Crippen LogP contribution in [0.1, 0.15) is 44.1 Å². The first-order valence-electron chi connectivity index (χ1n) is 10.1. The van der Waals surface area contributed by atoms with Gasteiger partial charge in [-0.2, -0.15) is 5.10 Å². The molecular weight excluding hydrogens is 402 g/mol. The second-order valence-corrected chi connectivity index (χ2v) is 8.35. The van der Waals surface area contributed by atoms with Crippen LogP contribution in [0.4, 0.5) is 4.79 Å². The Kier molecular flexibility index (Phi) is 6.47. The lowest BCUT2D eigenvalue weighted by atomic mass is 9.98. The highest BCUT2D eigenvalue weighted by molar-refractivity contribution is 5.96. The average molecular weight is 429 g/mol. The van der Waals surface area contributed by atoms with Gasteiger partial charge in [0.2, 0.25) is 5.91 Å². The summed E-state index contributed by atoms with van der Waals surface area (Å²) < 4.78 is 6.73. The topological polar surface area (TPSA) is 126 Å². The maximum absolute atomic E-state index is 12.5. The van der Waals surface area contributed by atoms with Crippen LogP contribution in [0, 0.1) is 5.92 Å². The van der Waals surface area contributed by atoms with Crippen molar-refractivity contribution in [3.05, 3.63) is 42.2 Å². The van der Waals surface area contributed by atoms with E-state index in [1.807, 2.05) is 6.07 Å². The number of piperidine rings is 1. The molecule has 31 heavy (non-hydrogen) atoms. The van der Waals surface area contributed by atoms with Gasteiger partial charge in [0.25, 0.3) is 5.91 Å². The summed E-state index contributed by atoms with van der Waals surface area (Å²) in [4.78, 5) is 38.6. The Bertz CT molecular complexity index is 951. The highest BCUT2D eigenvalue weighted by Gasteiger charge is 2.31. The average Bonchev–Trinajstić information content (AvgIpc) is 3.13. The first kappa shape index (κ1) is 22.1. The second-order valence-electron chi connectivity index (χ2n) is 8.35. The summed E-state index contributed by atoms with van der Waals surface area (Å²) in [6, 6.07) is 8.99. The monoisotopic (exact) mass is 429 g/mol. The number of carbonyl (C=O) groups is 3. The lowest BCUT2D eigenvalue weighted by molar-refractivity contribution is -0.127. The third-order valence-electron chi connectivity index (χ3n) is 4.67. The molecular formula is C21H27N5O5. The van der Waals surface area contributed by atoms with Crippen LogP contribution in [-0.4, -0.2) is 56.4 Å². The minimum atomic E-state index is -0.750. The lowest BCUT2D eigenvalue weighted by Gasteiger charge is -2.33. The number of hydrazine groups is 1. The Labute approximate surface area is 180 Å². The van der Waals surface area contributed by atoms with Crippen molar-refractivity contribution in [2.24, 2.45) is 5.92 Å². The van der Waals surface area contributed by atoms with Crippen molar-refractivity contribution in [3.8, 4) is 11.4 Å². The van der Waals surface area contributed by atoms with E-state index < -0.39 is 29.4 Å². The van der Waals surface area contributed by atoms with E-state index in [-0.39, 0.29) is 18.0 Å². The molecule has 1 fully saturated rings. The van der Waals surface area contributed by atoms with E-state index in [4.69, 9.17) is 4.74 Å². The maximum atomic E-state index is 12.5. The third kappa shape index (κ3) is 5.74. The zero-order valence-electron chi connectivity index (χ0n) is 17.8. The number of benzene rings is 1. The van der Waals surface area contributed by atoms with Gasteiger partial charge in [-0.3, -0.25) is 20.4 Å². The number of ether oxygens (including phenoxy) is 1. The molecule has 3 amide bonds. The smallest absolute Gasteiger partial charge is 0.410 e. The number of aromatic hydroxyl groups is 1. The summed E-state index contributed by atoms with van der Waals surface area (Å²) in [6.07, 6.45) is 2.07. The number of hydrogen-bond donors (Lipinski definition) is 3. The number of nitrogens with one attached hydrogen (secondary N) is 2. The van der Waals surface area contributed by atoms with Crippen molar-refractivity contribution in [1.29, 1.82) is 0 Å². The van der Waals surface area contributed by atoms with Crippen molar-refractivity contribution in [1.82, 2.24) is 25.5 Å². The van der Waals surface area contributed by atoms with Crippen molar-refractivity contribution in [2.75, 3.05) is 13.1 Å². The van der Waals surface area contributed by atoms with Crippen molar-refractivity contribution in [3.63, 3.8) is 0 Å². The zero-order valence-corrected chi connectivity index (χ0v) is 17.8. The normalized spacial score (nSPS) is 16.5. The molecule has 3 N–H and O–H groups in total. The molecule has 2 heterocycles. The Morgan fingerprint density at radius 1 is 1.16 bits per heavy atom. The van der Waals surface area contributed by atoms with Gasteiger partial charge >= 0.3 is 6.09 Å². The third-order valence-corrected chi connectivity index (χ3v) is 4.67. The standard InChI is InChI=1S/C21H27N5O5/c1-21(2,3)31-20(30)25-11-7-8-14(12-25)18(28)22-23-19(29)17-16(27)13-26(24-17)15-9-5-4-6-10-15/h4-6,9-10,13-14,27H,7-8,11-12H2,1-3H3,(H,22,28)(H,23,29)/t14-/m1/s1. The van der Waals surface area contributed by atoms with Gasteiger partial charge in [0.1, 0.15) is 5.60 Å². The number of aromatic nitrogens is 2. The van der Waals surface area contributed by atoms with Crippen LogP contribution in [0.25, 0.3) is 5.69 Å². The minimum absolute atomic E-state index is 0.199. The van der Waals surface area contributed by atoms with Gasteiger partial charge in [-0.05, 0) is 45.7 Å². The Balaban J connectivity index is 1.56. The molecule has 2 aromatic rings. The Hall–Kier alpha value is -3.56. The summed E-state index contributed by atoms with van der Waals surface area (Å²) >= 11 is 0. The van der Waals surface area contributed by atoms with Crippen molar-refractivity contribution in [2.45, 2.75) is 39.2 Å². The molecule has 10 nitrogen and oxygen atoms in total. The van der Waals surface area contributed by atoms with Crippen LogP contribution in [0.2, 0.25) is 0 Å². The predicted molar refractivity (Wildman–Crippen MR) is 111 cm³/mol. The highest BCUT2D eigenvalue weighted by atomic mass is 16.6. The van der Waals surface area contributed by atoms with E-state index in [1.54, 1.807) is 45.0 Å². The summed E-state index contributed by atoms with van der Waals surface area (Å²) in [5, 5.41) is 14.1. The van der Waals surface area contributed by atoms with Crippen molar-refractivity contribution < 1.29 is 24.2 Å². The molecule has 1 aromatic carbocycles. The second kappa shape index (κ2) is 9.07. The molecule has 1 saturated heterocycles. The predicted octanol–water partition coefficient (Wildman–Crippen LogP) is 1.99. The fraction of sp³-hybridized carbons (Fsp3) is 0.429. The minimum Gasteiger partial charge on any atom is -0.504 e. The molecule has 0 radical (unpaired) electrons. The largest absolute Gasteiger partial charge is 0.504 e. The summed E-state index contributed by atoms with van der Waals surface area (Å²) in [5.41, 5.74) is 4.46. The van der Waals surface area contributed by atoms with E-state index in [2.05, 4.69) is 16.0 Å². The fourth-order valence-electron chi connectivity index (χ4n) is 3.20. The van der Waals surface area contributed by atoms with E-state index >= 15 is 0 Å². The van der Waals surface area contributed by atoms with Crippen LogP contribution in [-0.2, 0) is 9.53 Å². The van der Waals surface area contributed by atoms with Crippen LogP contribution in [0.15, 0.2) is 36.5 Å². The molecule has 10 heteroatoms. The molecule has 0 saturated carbocycles. The van der Waals surface area contributed by atoms with Crippen LogP contribution < -0.4 is 10.9 Å². The number of carbonyl (C=O) groups excluding carboxylic acids is 3. The van der Waals surface area contributed by atoms with Gasteiger partial charge in [-0.25, -0.2) is 9.48 Å². The molecule has 3 rings (SSSR count). The summed E-state index contributed by atoms with van der Waals surface area (Å²) in [7, 11) is 0. The van der Waals surface area contributed by atoms with E-state index in [1.165, 1.54) is 15.8 Å². The number of hydrogen-bond acceptors (Lipinski definition) is 6. The van der Waals surface area contributed by atoms with E-state index in [0.717, 1.165) is 0 Å². The van der Waals surface area contributed by atoms with Gasteiger partial charge < -0.3 is 14.7 Å². The summed E-state index contributed by atoms with van der Waals surface area (Å²) in [6.45, 7) is 6.05. The highest BCUT2D eigenvalue weighted by Crippen LogP contribution is 2.20. The quantitative estimate of drug-likeness (QED) is 0.641. The molecule has 1 aliphatic heterocycles. The summed E-state index contributed by atoms with van der Waals surface area (Å²) in [5.74, 6) is -1.98. The Morgan fingerprint density at radius 3 is 2.55 bits per heavy atom. The molecule has 0 bridgehead atoms. The molecule has 166 valence electrons. The van der Waals surface area contributed by atoms with E-state index in [9.17, 15) is 19.5 Å². The Morgan fingerprint density at radius 2 is 1.87 bits per heavy atom. The fourth-order valence-corrected chi connectivity index (χ4v) is 3.20. The molecule has 0 spiro atoms. The lowest BCUT2D eigenvalue weighted by Crippen LogP contribution is -2.50. The van der Waals surface area contributed by atoms with Gasteiger partial charge in [-0.1, -0.05) is 18.2 Å². The SMILES string of the molecule is CC(C)(C)OC(=O)N1CCC[C@@H](C(=O)NNC(=O)c2nn(-c3ccccc3)cc2O)C1. The van der Waals surface area contributed by atoms with E-state index in [0.29, 0.717) is 25.1 Å². The number of nitrogens with zero attached hydrogens (tertiary/aromatic N) is 3. The molecule has 1 aromatic heterocycles. The van der Waals surface area contributed by atoms with Gasteiger partial charge in [0.05, 0.1) is 17.8 Å². The van der Waals surface area contributed by atoms with Crippen LogP contribution >= 0.6 is 0 Å². The molecule has 1 aliphatic rings.